The highest BCUT2D eigenvalue weighted by Gasteiger charge is 2.34. The molecule has 2 aromatic carbocycles. The summed E-state index contributed by atoms with van der Waals surface area (Å²) in [4.78, 5) is 24.3. The first kappa shape index (κ1) is 23.1. The van der Waals surface area contributed by atoms with Gasteiger partial charge in [0, 0.05) is 5.02 Å². The van der Waals surface area contributed by atoms with Crippen molar-refractivity contribution in [1.82, 2.24) is 0 Å². The number of ether oxygens (including phenoxy) is 4. The lowest BCUT2D eigenvalue weighted by Crippen LogP contribution is -2.22. The molecule has 1 N–H and O–H groups in total. The average Bonchev–Trinajstić information content (AvgIpc) is 2.71. The van der Waals surface area contributed by atoms with Crippen LogP contribution in [0.2, 0.25) is 5.02 Å². The van der Waals surface area contributed by atoms with Crippen LogP contribution < -0.4 is 19.5 Å². The summed E-state index contributed by atoms with van der Waals surface area (Å²) < 4.78 is 59.5. The summed E-state index contributed by atoms with van der Waals surface area (Å²) in [5.41, 5.74) is -1.65. The molecule has 0 spiro atoms. The predicted molar refractivity (Wildman–Crippen MR) is 101 cm³/mol. The Hall–Kier alpha value is -3.14. The molecule has 0 atom stereocenters. The molecule has 0 unspecified atom stereocenters. The molecule has 0 aliphatic rings. The topological polar surface area (TPSA) is 83.1 Å². The highest BCUT2D eigenvalue weighted by molar-refractivity contribution is 6.30. The van der Waals surface area contributed by atoms with E-state index in [-0.39, 0.29) is 27.8 Å². The van der Waals surface area contributed by atoms with E-state index in [1.165, 1.54) is 39.5 Å². The number of rotatable bonds is 7. The molecule has 0 bridgehead atoms. The number of hydrogen-bond acceptors (Lipinski definition) is 6. The third-order valence-corrected chi connectivity index (χ3v) is 4.03. The van der Waals surface area contributed by atoms with E-state index in [1.54, 1.807) is 0 Å². The Balaban J connectivity index is 2.12. The van der Waals surface area contributed by atoms with Crippen LogP contribution in [0.25, 0.3) is 0 Å². The number of amides is 1. The quantitative estimate of drug-likeness (QED) is 0.641. The number of carbonyl (C=O) groups is 2. The molecule has 0 fully saturated rings. The van der Waals surface area contributed by atoms with Gasteiger partial charge in [-0.3, -0.25) is 4.79 Å². The van der Waals surface area contributed by atoms with Gasteiger partial charge in [0.15, 0.2) is 18.1 Å². The molecule has 0 aliphatic heterocycles. The van der Waals surface area contributed by atoms with E-state index in [2.05, 4.69) is 5.32 Å². The molecular weight excluding hydrogens is 431 g/mol. The van der Waals surface area contributed by atoms with Crippen LogP contribution in [0.1, 0.15) is 15.9 Å². The molecule has 2 rings (SSSR count). The fourth-order valence-corrected chi connectivity index (χ4v) is 2.63. The van der Waals surface area contributed by atoms with Crippen LogP contribution in [0.5, 0.6) is 17.2 Å². The third-order valence-electron chi connectivity index (χ3n) is 3.80. The zero-order valence-corrected chi connectivity index (χ0v) is 16.8. The Labute approximate surface area is 174 Å². The zero-order valence-electron chi connectivity index (χ0n) is 16.1. The van der Waals surface area contributed by atoms with Crippen LogP contribution in [0.3, 0.4) is 0 Å². The maximum Gasteiger partial charge on any atom is 0.418 e. The second-order valence-corrected chi connectivity index (χ2v) is 6.16. The molecule has 7 nitrogen and oxygen atoms in total. The normalized spacial score (nSPS) is 10.9. The van der Waals surface area contributed by atoms with Crippen molar-refractivity contribution in [3.05, 3.63) is 46.5 Å². The summed E-state index contributed by atoms with van der Waals surface area (Å²) in [6.45, 7) is -0.824. The van der Waals surface area contributed by atoms with E-state index in [4.69, 9.17) is 30.5 Å². The second-order valence-electron chi connectivity index (χ2n) is 5.73. The number of anilines is 1. The van der Waals surface area contributed by atoms with Crippen molar-refractivity contribution >= 4 is 29.2 Å². The van der Waals surface area contributed by atoms with Gasteiger partial charge in [-0.1, -0.05) is 11.6 Å². The van der Waals surface area contributed by atoms with Gasteiger partial charge >= 0.3 is 12.1 Å². The molecule has 0 aromatic heterocycles. The van der Waals surface area contributed by atoms with Crippen LogP contribution in [-0.2, 0) is 15.7 Å². The fourth-order valence-electron chi connectivity index (χ4n) is 2.46. The van der Waals surface area contributed by atoms with E-state index in [9.17, 15) is 22.8 Å². The number of halogens is 4. The summed E-state index contributed by atoms with van der Waals surface area (Å²) in [7, 11) is 4.09. The summed E-state index contributed by atoms with van der Waals surface area (Å²) in [6, 6.07) is 5.49. The maximum absolute atomic E-state index is 13.1. The van der Waals surface area contributed by atoms with Crippen LogP contribution in [-0.4, -0.2) is 39.8 Å². The Morgan fingerprint density at radius 3 is 2.10 bits per heavy atom. The van der Waals surface area contributed by atoms with Crippen LogP contribution in [0.4, 0.5) is 18.9 Å². The lowest BCUT2D eigenvalue weighted by molar-refractivity contribution is -0.137. The predicted octanol–water partition coefficient (Wildman–Crippen LogP) is 4.18. The maximum atomic E-state index is 13.1. The molecule has 0 aliphatic carbocycles. The molecule has 0 saturated heterocycles. The van der Waals surface area contributed by atoms with Gasteiger partial charge in [0.1, 0.15) is 0 Å². The number of hydrogen-bond donors (Lipinski definition) is 1. The molecule has 0 heterocycles. The van der Waals surface area contributed by atoms with Gasteiger partial charge in [0.05, 0.1) is 38.1 Å². The van der Waals surface area contributed by atoms with Gasteiger partial charge in [-0.25, -0.2) is 4.79 Å². The first-order valence-electron chi connectivity index (χ1n) is 8.24. The summed E-state index contributed by atoms with van der Waals surface area (Å²) in [5, 5.41) is 1.91. The van der Waals surface area contributed by atoms with Crippen molar-refractivity contribution in [1.29, 1.82) is 0 Å². The first-order chi connectivity index (χ1) is 14.1. The Morgan fingerprint density at radius 2 is 1.60 bits per heavy atom. The van der Waals surface area contributed by atoms with Gasteiger partial charge in [0.25, 0.3) is 5.91 Å². The number of esters is 1. The Bertz CT molecular complexity index is 923. The summed E-state index contributed by atoms with van der Waals surface area (Å²) >= 11 is 5.59. The van der Waals surface area contributed by atoms with Gasteiger partial charge in [0.2, 0.25) is 5.75 Å². The van der Waals surface area contributed by atoms with E-state index in [0.29, 0.717) is 6.07 Å². The standard InChI is InChI=1S/C19H17ClF3NO6/c1-27-14-6-10(7-15(28-2)17(14)29-3)18(26)30-9-16(25)24-13-5-4-11(20)8-12(13)19(21,22)23/h4-8H,9H2,1-3H3,(H,24,25). The number of nitrogens with one attached hydrogen (secondary N) is 1. The highest BCUT2D eigenvalue weighted by atomic mass is 35.5. The molecule has 0 saturated carbocycles. The minimum absolute atomic E-state index is 0.0141. The molecule has 1 amide bonds. The average molecular weight is 448 g/mol. The van der Waals surface area contributed by atoms with Crippen molar-refractivity contribution in [3.8, 4) is 17.2 Å². The minimum atomic E-state index is -4.74. The van der Waals surface area contributed by atoms with E-state index in [0.717, 1.165) is 6.07 Å². The molecule has 0 radical (unpaired) electrons. The zero-order chi connectivity index (χ0) is 22.5. The Morgan fingerprint density at radius 1 is 1.00 bits per heavy atom. The van der Waals surface area contributed by atoms with Gasteiger partial charge in [-0.05, 0) is 30.3 Å². The van der Waals surface area contributed by atoms with Crippen LogP contribution >= 0.6 is 11.6 Å². The number of alkyl halides is 3. The lowest BCUT2D eigenvalue weighted by atomic mass is 10.1. The SMILES string of the molecule is COc1cc(C(=O)OCC(=O)Nc2ccc(Cl)cc2C(F)(F)F)cc(OC)c1OC. The van der Waals surface area contributed by atoms with Crippen LogP contribution in [0, 0.1) is 0 Å². The van der Waals surface area contributed by atoms with E-state index >= 15 is 0 Å². The lowest BCUT2D eigenvalue weighted by Gasteiger charge is -2.15. The minimum Gasteiger partial charge on any atom is -0.493 e. The van der Waals surface area contributed by atoms with Crippen molar-refractivity contribution < 1.29 is 41.7 Å². The van der Waals surface area contributed by atoms with E-state index < -0.39 is 35.9 Å². The van der Waals surface area contributed by atoms with Crippen molar-refractivity contribution in [3.63, 3.8) is 0 Å². The van der Waals surface area contributed by atoms with Crippen LogP contribution in [0.15, 0.2) is 30.3 Å². The summed E-state index contributed by atoms with van der Waals surface area (Å²) in [6.07, 6.45) is -4.74. The largest absolute Gasteiger partial charge is 0.493 e. The van der Waals surface area contributed by atoms with Crippen molar-refractivity contribution in [2.45, 2.75) is 6.18 Å². The van der Waals surface area contributed by atoms with Gasteiger partial charge in [-0.2, -0.15) is 13.2 Å². The summed E-state index contributed by atoms with van der Waals surface area (Å²) in [5.74, 6) is -1.27. The molecule has 2 aromatic rings. The highest BCUT2D eigenvalue weighted by Crippen LogP contribution is 2.38. The third kappa shape index (κ3) is 5.47. The van der Waals surface area contributed by atoms with Crippen molar-refractivity contribution in [2.75, 3.05) is 33.3 Å². The molecular formula is C19H17ClF3NO6. The van der Waals surface area contributed by atoms with E-state index in [1.807, 2.05) is 0 Å². The number of benzene rings is 2. The molecule has 30 heavy (non-hydrogen) atoms. The second kappa shape index (κ2) is 9.57. The molecule has 11 heteroatoms. The Kier molecular flexibility index (Phi) is 7.38. The van der Waals surface area contributed by atoms with Gasteiger partial charge in [-0.15, -0.1) is 0 Å². The fraction of sp³-hybridized carbons (Fsp3) is 0.263. The van der Waals surface area contributed by atoms with Gasteiger partial charge < -0.3 is 24.3 Å². The smallest absolute Gasteiger partial charge is 0.418 e. The monoisotopic (exact) mass is 447 g/mol. The number of methoxy groups -OCH3 is 3. The number of carbonyl (C=O) groups excluding carboxylic acids is 2. The van der Waals surface area contributed by atoms with Crippen molar-refractivity contribution in [2.24, 2.45) is 0 Å². The molecule has 162 valence electrons. The first-order valence-corrected chi connectivity index (χ1v) is 8.62.